The molecule has 1 aromatic heterocycles. The van der Waals surface area contributed by atoms with Crippen molar-refractivity contribution in [2.75, 3.05) is 11.7 Å². The quantitative estimate of drug-likeness (QED) is 0.489. The fraction of sp³-hybridized carbons (Fsp3) is 0.267. The number of thioether (sulfide) groups is 1. The first-order valence-corrected chi connectivity index (χ1v) is 7.97. The third-order valence-electron chi connectivity index (χ3n) is 2.80. The maximum atomic E-state index is 11.5. The van der Waals surface area contributed by atoms with Crippen molar-refractivity contribution < 1.29 is 0 Å². The standard InChI is InChI=1S/C15H18N4OS/c1-3-4-12-9-14(20)18-15(17-12)19-16-10-11-5-7-13(21-2)8-6-11/h5-10H,3-4H2,1-2H3,(H2,17,18,19,20)/b16-10+. The average Bonchev–Trinajstić information content (AvgIpc) is 2.48. The zero-order valence-electron chi connectivity index (χ0n) is 12.1. The van der Waals surface area contributed by atoms with Gasteiger partial charge >= 0.3 is 0 Å². The highest BCUT2D eigenvalue weighted by Gasteiger charge is 1.99. The number of hydrogen-bond acceptors (Lipinski definition) is 5. The SMILES string of the molecule is CCCc1cc(=O)[nH]c(N/N=C/c2ccc(SC)cc2)n1. The van der Waals surface area contributed by atoms with Gasteiger partial charge in [0.2, 0.25) is 5.95 Å². The predicted octanol–water partition coefficient (Wildman–Crippen LogP) is 2.89. The lowest BCUT2D eigenvalue weighted by atomic mass is 10.2. The zero-order chi connectivity index (χ0) is 15.1. The summed E-state index contributed by atoms with van der Waals surface area (Å²) >= 11 is 1.70. The molecule has 6 heteroatoms. The van der Waals surface area contributed by atoms with Gasteiger partial charge in [-0.1, -0.05) is 25.5 Å². The molecule has 0 aliphatic heterocycles. The second-order valence-electron chi connectivity index (χ2n) is 4.48. The van der Waals surface area contributed by atoms with Gasteiger partial charge in [0.05, 0.1) is 6.21 Å². The van der Waals surface area contributed by atoms with Crippen LogP contribution in [0.5, 0.6) is 0 Å². The summed E-state index contributed by atoms with van der Waals surface area (Å²) in [7, 11) is 0. The summed E-state index contributed by atoms with van der Waals surface area (Å²) in [6.45, 7) is 2.05. The van der Waals surface area contributed by atoms with E-state index in [2.05, 4.69) is 20.5 Å². The van der Waals surface area contributed by atoms with Gasteiger partial charge in [-0.3, -0.25) is 9.78 Å². The molecule has 110 valence electrons. The topological polar surface area (TPSA) is 70.1 Å². The molecule has 1 aromatic carbocycles. The van der Waals surface area contributed by atoms with Crippen LogP contribution >= 0.6 is 11.8 Å². The van der Waals surface area contributed by atoms with E-state index in [9.17, 15) is 4.79 Å². The minimum absolute atomic E-state index is 0.171. The Balaban J connectivity index is 2.04. The molecule has 0 fully saturated rings. The summed E-state index contributed by atoms with van der Waals surface area (Å²) in [4.78, 5) is 19.6. The Bertz CT molecular complexity index is 664. The Morgan fingerprint density at radius 2 is 2.14 bits per heavy atom. The number of aromatic amines is 1. The fourth-order valence-corrected chi connectivity index (χ4v) is 2.21. The average molecular weight is 302 g/mol. The third kappa shape index (κ3) is 4.75. The molecule has 0 saturated heterocycles. The van der Waals surface area contributed by atoms with E-state index in [0.717, 1.165) is 24.1 Å². The number of hydrogen-bond donors (Lipinski definition) is 2. The van der Waals surface area contributed by atoms with Crippen molar-refractivity contribution in [2.24, 2.45) is 5.10 Å². The van der Waals surface area contributed by atoms with Crippen LogP contribution in [0.4, 0.5) is 5.95 Å². The van der Waals surface area contributed by atoms with Crippen molar-refractivity contribution in [3.63, 3.8) is 0 Å². The summed E-state index contributed by atoms with van der Waals surface area (Å²) in [6.07, 6.45) is 5.45. The van der Waals surface area contributed by atoms with E-state index in [-0.39, 0.29) is 5.56 Å². The minimum atomic E-state index is -0.171. The van der Waals surface area contributed by atoms with E-state index in [1.54, 1.807) is 18.0 Å². The highest BCUT2D eigenvalue weighted by molar-refractivity contribution is 7.98. The molecule has 0 atom stereocenters. The second kappa shape index (κ2) is 7.64. The van der Waals surface area contributed by atoms with Crippen LogP contribution < -0.4 is 11.0 Å². The van der Waals surface area contributed by atoms with Crippen molar-refractivity contribution in [2.45, 2.75) is 24.7 Å². The van der Waals surface area contributed by atoms with Gasteiger partial charge in [0.15, 0.2) is 0 Å². The minimum Gasteiger partial charge on any atom is -0.291 e. The highest BCUT2D eigenvalue weighted by atomic mass is 32.2. The lowest BCUT2D eigenvalue weighted by molar-refractivity contribution is 0.867. The maximum absolute atomic E-state index is 11.5. The van der Waals surface area contributed by atoms with Crippen molar-refractivity contribution in [1.29, 1.82) is 0 Å². The molecule has 2 aromatic rings. The summed E-state index contributed by atoms with van der Waals surface area (Å²) in [5, 5.41) is 4.10. The van der Waals surface area contributed by atoms with Gasteiger partial charge in [0, 0.05) is 16.7 Å². The first-order chi connectivity index (χ1) is 10.2. The fourth-order valence-electron chi connectivity index (χ4n) is 1.80. The predicted molar refractivity (Wildman–Crippen MR) is 88.3 cm³/mol. The number of benzene rings is 1. The second-order valence-corrected chi connectivity index (χ2v) is 5.36. The number of anilines is 1. The van der Waals surface area contributed by atoms with Crippen LogP contribution in [0.3, 0.4) is 0 Å². The molecule has 0 radical (unpaired) electrons. The van der Waals surface area contributed by atoms with Crippen LogP contribution in [0, 0.1) is 0 Å². The largest absolute Gasteiger partial charge is 0.291 e. The van der Waals surface area contributed by atoms with Crippen LogP contribution in [0.25, 0.3) is 0 Å². The molecule has 1 heterocycles. The summed E-state index contributed by atoms with van der Waals surface area (Å²) in [5.41, 5.74) is 4.33. The van der Waals surface area contributed by atoms with E-state index in [0.29, 0.717) is 5.95 Å². The summed E-state index contributed by atoms with van der Waals surface area (Å²) in [5.74, 6) is 0.364. The van der Waals surface area contributed by atoms with Gasteiger partial charge < -0.3 is 0 Å². The monoisotopic (exact) mass is 302 g/mol. The van der Waals surface area contributed by atoms with Gasteiger partial charge in [0.1, 0.15) is 0 Å². The normalized spacial score (nSPS) is 11.0. The van der Waals surface area contributed by atoms with Crippen molar-refractivity contribution >= 4 is 23.9 Å². The number of nitrogens with one attached hydrogen (secondary N) is 2. The van der Waals surface area contributed by atoms with Gasteiger partial charge in [0.25, 0.3) is 5.56 Å². The number of nitrogens with zero attached hydrogens (tertiary/aromatic N) is 2. The molecule has 0 bridgehead atoms. The van der Waals surface area contributed by atoms with Gasteiger partial charge in [-0.2, -0.15) is 5.10 Å². The highest BCUT2D eigenvalue weighted by Crippen LogP contribution is 2.13. The number of aryl methyl sites for hydroxylation is 1. The third-order valence-corrected chi connectivity index (χ3v) is 3.54. The number of H-pyrrole nitrogens is 1. The molecule has 0 spiro atoms. The number of rotatable bonds is 6. The van der Waals surface area contributed by atoms with Crippen LogP contribution in [0.1, 0.15) is 24.6 Å². The molecule has 0 aliphatic carbocycles. The first kappa shape index (κ1) is 15.3. The van der Waals surface area contributed by atoms with Crippen molar-refractivity contribution in [3.05, 3.63) is 51.9 Å². The Labute approximate surface area is 127 Å². The lowest BCUT2D eigenvalue weighted by Gasteiger charge is -2.02. The van der Waals surface area contributed by atoms with Gasteiger partial charge in [-0.15, -0.1) is 11.8 Å². The number of aromatic nitrogens is 2. The van der Waals surface area contributed by atoms with E-state index in [1.807, 2.05) is 37.4 Å². The van der Waals surface area contributed by atoms with Crippen LogP contribution in [-0.4, -0.2) is 22.4 Å². The Hall–Kier alpha value is -2.08. The maximum Gasteiger partial charge on any atom is 0.252 e. The van der Waals surface area contributed by atoms with Crippen LogP contribution in [0.15, 0.2) is 45.1 Å². The van der Waals surface area contributed by atoms with E-state index in [4.69, 9.17) is 0 Å². The molecule has 0 saturated carbocycles. The van der Waals surface area contributed by atoms with E-state index in [1.165, 1.54) is 11.0 Å². The van der Waals surface area contributed by atoms with E-state index < -0.39 is 0 Å². The number of hydrazone groups is 1. The molecule has 0 aliphatic rings. The molecular weight excluding hydrogens is 284 g/mol. The smallest absolute Gasteiger partial charge is 0.252 e. The van der Waals surface area contributed by atoms with Crippen LogP contribution in [-0.2, 0) is 6.42 Å². The molecular formula is C15H18N4OS. The Kier molecular flexibility index (Phi) is 5.57. The Morgan fingerprint density at radius 3 is 2.81 bits per heavy atom. The molecule has 5 nitrogen and oxygen atoms in total. The lowest BCUT2D eigenvalue weighted by Crippen LogP contribution is -2.11. The van der Waals surface area contributed by atoms with Crippen LogP contribution in [0.2, 0.25) is 0 Å². The molecule has 0 amide bonds. The first-order valence-electron chi connectivity index (χ1n) is 6.74. The van der Waals surface area contributed by atoms with Crippen molar-refractivity contribution in [3.8, 4) is 0 Å². The molecule has 21 heavy (non-hydrogen) atoms. The summed E-state index contributed by atoms with van der Waals surface area (Å²) in [6, 6.07) is 9.56. The molecule has 2 rings (SSSR count). The summed E-state index contributed by atoms with van der Waals surface area (Å²) < 4.78 is 0. The van der Waals surface area contributed by atoms with E-state index >= 15 is 0 Å². The van der Waals surface area contributed by atoms with Crippen molar-refractivity contribution in [1.82, 2.24) is 9.97 Å². The van der Waals surface area contributed by atoms with Gasteiger partial charge in [-0.25, -0.2) is 10.4 Å². The van der Waals surface area contributed by atoms with Gasteiger partial charge in [-0.05, 0) is 30.4 Å². The zero-order valence-corrected chi connectivity index (χ0v) is 12.9. The molecule has 2 N–H and O–H groups in total. The Morgan fingerprint density at radius 1 is 1.38 bits per heavy atom. The molecule has 0 unspecified atom stereocenters.